The zero-order valence-corrected chi connectivity index (χ0v) is 13.9. The molecule has 0 aliphatic rings. The summed E-state index contributed by atoms with van der Waals surface area (Å²) >= 11 is 9.47. The van der Waals surface area contributed by atoms with Gasteiger partial charge in [-0.3, -0.25) is 0 Å². The first-order valence-electron chi connectivity index (χ1n) is 6.22. The number of benzene rings is 2. The Kier molecular flexibility index (Phi) is 4.74. The minimum absolute atomic E-state index is 0.602. The molecule has 0 saturated carbocycles. The van der Waals surface area contributed by atoms with Gasteiger partial charge in [0.25, 0.3) is 0 Å². The second-order valence-electron chi connectivity index (χ2n) is 4.75. The first-order valence-corrected chi connectivity index (χ1v) is 7.39. The first kappa shape index (κ1) is 15.4. The van der Waals surface area contributed by atoms with Crippen molar-refractivity contribution in [3.63, 3.8) is 0 Å². The highest BCUT2D eigenvalue weighted by Gasteiger charge is 2.17. The van der Waals surface area contributed by atoms with Gasteiger partial charge in [-0.05, 0) is 60.9 Å². The molecule has 0 saturated heterocycles. The van der Waals surface area contributed by atoms with Gasteiger partial charge in [0.05, 0.1) is 7.11 Å². The van der Waals surface area contributed by atoms with Gasteiger partial charge < -0.3 is 9.84 Å². The van der Waals surface area contributed by atoms with E-state index in [1.807, 2.05) is 32.0 Å². The van der Waals surface area contributed by atoms with E-state index >= 15 is 0 Å². The van der Waals surface area contributed by atoms with Gasteiger partial charge in [-0.1, -0.05) is 27.5 Å². The Bertz CT molecular complexity index is 641. The highest BCUT2D eigenvalue weighted by atomic mass is 79.9. The fourth-order valence-electron chi connectivity index (χ4n) is 2.22. The molecule has 2 aromatic rings. The van der Waals surface area contributed by atoms with Gasteiger partial charge in [-0.15, -0.1) is 0 Å². The van der Waals surface area contributed by atoms with E-state index in [0.717, 1.165) is 32.5 Å². The molecule has 4 heteroatoms. The van der Waals surface area contributed by atoms with Crippen molar-refractivity contribution in [2.24, 2.45) is 0 Å². The standard InChI is InChI=1S/C16H16BrClO2/c1-9-7-15(20-3)10(2)6-12(9)16(19)13-8-11(18)4-5-14(13)17/h4-8,16,19H,1-3H3. The molecule has 1 atom stereocenters. The number of halogens is 2. The average Bonchev–Trinajstić information content (AvgIpc) is 2.42. The fraction of sp³-hybridized carbons (Fsp3) is 0.250. The predicted octanol–water partition coefficient (Wildman–Crippen LogP) is 4.81. The van der Waals surface area contributed by atoms with Crippen molar-refractivity contribution in [2.45, 2.75) is 20.0 Å². The maximum absolute atomic E-state index is 10.6. The number of ether oxygens (including phenoxy) is 1. The normalized spacial score (nSPS) is 12.3. The lowest BCUT2D eigenvalue weighted by atomic mass is 9.95. The second-order valence-corrected chi connectivity index (χ2v) is 6.04. The lowest BCUT2D eigenvalue weighted by Gasteiger charge is -2.18. The van der Waals surface area contributed by atoms with Crippen LogP contribution in [-0.2, 0) is 0 Å². The summed E-state index contributed by atoms with van der Waals surface area (Å²) in [5, 5.41) is 11.2. The molecule has 0 aliphatic heterocycles. The summed E-state index contributed by atoms with van der Waals surface area (Å²) in [6.45, 7) is 3.92. The van der Waals surface area contributed by atoms with Crippen LogP contribution in [0.5, 0.6) is 5.75 Å². The summed E-state index contributed by atoms with van der Waals surface area (Å²) in [5.41, 5.74) is 3.58. The van der Waals surface area contributed by atoms with Crippen LogP contribution in [0.3, 0.4) is 0 Å². The zero-order chi connectivity index (χ0) is 14.9. The molecule has 0 heterocycles. The number of aryl methyl sites for hydroxylation is 2. The summed E-state index contributed by atoms with van der Waals surface area (Å²) < 4.78 is 6.13. The Balaban J connectivity index is 2.50. The van der Waals surface area contributed by atoms with Crippen LogP contribution in [0.25, 0.3) is 0 Å². The number of aliphatic hydroxyl groups excluding tert-OH is 1. The minimum Gasteiger partial charge on any atom is -0.496 e. The Labute approximate surface area is 132 Å². The maximum Gasteiger partial charge on any atom is 0.122 e. The van der Waals surface area contributed by atoms with Gasteiger partial charge in [0.1, 0.15) is 11.9 Å². The molecule has 0 spiro atoms. The van der Waals surface area contributed by atoms with Crippen LogP contribution in [0.4, 0.5) is 0 Å². The average molecular weight is 356 g/mol. The van der Waals surface area contributed by atoms with Gasteiger partial charge in [-0.25, -0.2) is 0 Å². The highest BCUT2D eigenvalue weighted by molar-refractivity contribution is 9.10. The van der Waals surface area contributed by atoms with Crippen molar-refractivity contribution in [2.75, 3.05) is 7.11 Å². The van der Waals surface area contributed by atoms with Crippen molar-refractivity contribution in [1.29, 1.82) is 0 Å². The van der Waals surface area contributed by atoms with Gasteiger partial charge in [0.2, 0.25) is 0 Å². The molecule has 0 fully saturated rings. The third kappa shape index (κ3) is 3.00. The Morgan fingerprint density at radius 3 is 2.45 bits per heavy atom. The Morgan fingerprint density at radius 2 is 1.80 bits per heavy atom. The number of rotatable bonds is 3. The molecule has 20 heavy (non-hydrogen) atoms. The van der Waals surface area contributed by atoms with E-state index in [1.165, 1.54) is 0 Å². The van der Waals surface area contributed by atoms with Gasteiger partial charge in [0.15, 0.2) is 0 Å². The number of aliphatic hydroxyl groups is 1. The zero-order valence-electron chi connectivity index (χ0n) is 11.6. The van der Waals surface area contributed by atoms with E-state index in [1.54, 1.807) is 19.2 Å². The Hall–Kier alpha value is -1.03. The number of hydrogen-bond acceptors (Lipinski definition) is 2. The van der Waals surface area contributed by atoms with Crippen LogP contribution >= 0.6 is 27.5 Å². The van der Waals surface area contributed by atoms with Crippen molar-refractivity contribution in [3.8, 4) is 5.75 Å². The molecule has 0 aromatic heterocycles. The van der Waals surface area contributed by atoms with Crippen LogP contribution in [0.2, 0.25) is 5.02 Å². The van der Waals surface area contributed by atoms with E-state index in [-0.39, 0.29) is 0 Å². The summed E-state index contributed by atoms with van der Waals surface area (Å²) in [5.74, 6) is 0.823. The van der Waals surface area contributed by atoms with Crippen LogP contribution in [0.1, 0.15) is 28.4 Å². The van der Waals surface area contributed by atoms with Gasteiger partial charge >= 0.3 is 0 Å². The Morgan fingerprint density at radius 1 is 1.10 bits per heavy atom. The van der Waals surface area contributed by atoms with Crippen molar-refractivity contribution >= 4 is 27.5 Å². The SMILES string of the molecule is COc1cc(C)c(C(O)c2cc(Cl)ccc2Br)cc1C. The van der Waals surface area contributed by atoms with Crippen LogP contribution < -0.4 is 4.74 Å². The van der Waals surface area contributed by atoms with Gasteiger partial charge in [0, 0.05) is 15.1 Å². The molecular formula is C16H16BrClO2. The topological polar surface area (TPSA) is 29.5 Å². The molecule has 106 valence electrons. The summed E-state index contributed by atoms with van der Waals surface area (Å²) in [4.78, 5) is 0. The largest absolute Gasteiger partial charge is 0.496 e. The van der Waals surface area contributed by atoms with E-state index in [0.29, 0.717) is 5.02 Å². The molecule has 1 N–H and O–H groups in total. The minimum atomic E-state index is -0.729. The summed E-state index contributed by atoms with van der Waals surface area (Å²) in [7, 11) is 1.64. The third-order valence-corrected chi connectivity index (χ3v) is 4.29. The van der Waals surface area contributed by atoms with E-state index in [9.17, 15) is 5.11 Å². The number of hydrogen-bond donors (Lipinski definition) is 1. The number of methoxy groups -OCH3 is 1. The molecule has 0 amide bonds. The molecule has 2 rings (SSSR count). The first-order chi connectivity index (χ1) is 9.43. The second kappa shape index (κ2) is 6.17. The monoisotopic (exact) mass is 354 g/mol. The van der Waals surface area contributed by atoms with E-state index in [4.69, 9.17) is 16.3 Å². The predicted molar refractivity (Wildman–Crippen MR) is 85.7 cm³/mol. The van der Waals surface area contributed by atoms with Crippen molar-refractivity contribution in [3.05, 3.63) is 62.1 Å². The molecule has 0 bridgehead atoms. The molecule has 2 nitrogen and oxygen atoms in total. The van der Waals surface area contributed by atoms with E-state index < -0.39 is 6.10 Å². The molecule has 2 aromatic carbocycles. The third-order valence-electron chi connectivity index (χ3n) is 3.33. The molecule has 1 unspecified atom stereocenters. The van der Waals surface area contributed by atoms with Crippen molar-refractivity contribution < 1.29 is 9.84 Å². The highest BCUT2D eigenvalue weighted by Crippen LogP contribution is 2.34. The van der Waals surface area contributed by atoms with Gasteiger partial charge in [-0.2, -0.15) is 0 Å². The fourth-order valence-corrected chi connectivity index (χ4v) is 2.86. The molecule has 0 aliphatic carbocycles. The van der Waals surface area contributed by atoms with E-state index in [2.05, 4.69) is 15.9 Å². The van der Waals surface area contributed by atoms with Crippen LogP contribution in [0.15, 0.2) is 34.8 Å². The van der Waals surface area contributed by atoms with Crippen molar-refractivity contribution in [1.82, 2.24) is 0 Å². The maximum atomic E-state index is 10.6. The lowest BCUT2D eigenvalue weighted by molar-refractivity contribution is 0.218. The smallest absolute Gasteiger partial charge is 0.122 e. The lowest BCUT2D eigenvalue weighted by Crippen LogP contribution is -2.04. The summed E-state index contributed by atoms with van der Waals surface area (Å²) in [6, 6.07) is 9.29. The van der Waals surface area contributed by atoms with Crippen LogP contribution in [0, 0.1) is 13.8 Å². The summed E-state index contributed by atoms with van der Waals surface area (Å²) in [6.07, 6.45) is -0.729. The quantitative estimate of drug-likeness (QED) is 0.856. The van der Waals surface area contributed by atoms with Crippen LogP contribution in [-0.4, -0.2) is 12.2 Å². The molecular weight excluding hydrogens is 340 g/mol. The molecule has 0 radical (unpaired) electrons.